The third-order valence-electron chi connectivity index (χ3n) is 3.01. The number of guanidine groups is 1. The molecular weight excluding hydrogens is 427 g/mol. The minimum absolute atomic E-state index is 0. The normalized spacial score (nSPS) is 12.5. The second-order valence-corrected chi connectivity index (χ2v) is 5.86. The number of nitrogens with zero attached hydrogens (tertiary/aromatic N) is 2. The van der Waals surface area contributed by atoms with Gasteiger partial charge < -0.3 is 20.3 Å². The molecule has 23 heavy (non-hydrogen) atoms. The molecule has 0 spiro atoms. The molecule has 1 rings (SSSR count). The Morgan fingerprint density at radius 1 is 1.26 bits per heavy atom. The third kappa shape index (κ3) is 10.6. The molecule has 0 aliphatic carbocycles. The first-order valence-corrected chi connectivity index (χ1v) is 7.90. The van der Waals surface area contributed by atoms with E-state index >= 15 is 0 Å². The van der Waals surface area contributed by atoms with Gasteiger partial charge in [0.15, 0.2) is 5.96 Å². The van der Waals surface area contributed by atoms with Crippen molar-refractivity contribution in [1.29, 1.82) is 0 Å². The summed E-state index contributed by atoms with van der Waals surface area (Å²) >= 11 is 5.85. The largest absolute Gasteiger partial charge is 0.489 e. The van der Waals surface area contributed by atoms with Crippen molar-refractivity contribution in [1.82, 2.24) is 15.5 Å². The van der Waals surface area contributed by atoms with E-state index < -0.39 is 0 Å². The van der Waals surface area contributed by atoms with Gasteiger partial charge in [-0.15, -0.1) is 24.0 Å². The van der Waals surface area contributed by atoms with Crippen LogP contribution in [-0.2, 0) is 0 Å². The number of benzene rings is 1. The van der Waals surface area contributed by atoms with Gasteiger partial charge in [-0.1, -0.05) is 11.6 Å². The van der Waals surface area contributed by atoms with E-state index in [4.69, 9.17) is 16.3 Å². The SMILES string of the molecule is CN=C(NCCCN(C)C)NCC(C)Oc1ccc(Cl)cc1.I. The molecule has 0 amide bonds. The Bertz CT molecular complexity index is 454. The quantitative estimate of drug-likeness (QED) is 0.274. The smallest absolute Gasteiger partial charge is 0.191 e. The average Bonchev–Trinajstić information content (AvgIpc) is 2.48. The van der Waals surface area contributed by atoms with Crippen LogP contribution < -0.4 is 15.4 Å². The van der Waals surface area contributed by atoms with Gasteiger partial charge in [-0.05, 0) is 58.3 Å². The van der Waals surface area contributed by atoms with E-state index in [1.165, 1.54) is 0 Å². The lowest BCUT2D eigenvalue weighted by molar-refractivity contribution is 0.224. The van der Waals surface area contributed by atoms with E-state index in [0.29, 0.717) is 11.6 Å². The van der Waals surface area contributed by atoms with Crippen molar-refractivity contribution in [2.75, 3.05) is 40.8 Å². The van der Waals surface area contributed by atoms with Crippen LogP contribution in [0.5, 0.6) is 5.75 Å². The summed E-state index contributed by atoms with van der Waals surface area (Å²) in [7, 11) is 5.91. The number of nitrogens with one attached hydrogen (secondary N) is 2. The number of hydrogen-bond donors (Lipinski definition) is 2. The molecular formula is C16H28ClIN4O. The van der Waals surface area contributed by atoms with Crippen LogP contribution in [0.15, 0.2) is 29.3 Å². The number of ether oxygens (including phenoxy) is 1. The molecule has 1 unspecified atom stereocenters. The molecule has 1 aromatic carbocycles. The summed E-state index contributed by atoms with van der Waals surface area (Å²) in [4.78, 5) is 6.37. The van der Waals surface area contributed by atoms with Crippen molar-refractivity contribution in [2.45, 2.75) is 19.4 Å². The zero-order chi connectivity index (χ0) is 16.4. The van der Waals surface area contributed by atoms with Gasteiger partial charge in [0.25, 0.3) is 0 Å². The zero-order valence-electron chi connectivity index (χ0n) is 14.3. The molecule has 0 radical (unpaired) electrons. The average molecular weight is 455 g/mol. The predicted molar refractivity (Wildman–Crippen MR) is 109 cm³/mol. The van der Waals surface area contributed by atoms with Crippen molar-refractivity contribution in [3.8, 4) is 5.75 Å². The van der Waals surface area contributed by atoms with Crippen LogP contribution in [0.3, 0.4) is 0 Å². The maximum atomic E-state index is 5.85. The zero-order valence-corrected chi connectivity index (χ0v) is 17.4. The van der Waals surface area contributed by atoms with Crippen LogP contribution in [0.2, 0.25) is 5.02 Å². The lowest BCUT2D eigenvalue weighted by atomic mass is 10.3. The summed E-state index contributed by atoms with van der Waals surface area (Å²) < 4.78 is 5.81. The van der Waals surface area contributed by atoms with Gasteiger partial charge in [0, 0.05) is 18.6 Å². The number of halogens is 2. The van der Waals surface area contributed by atoms with Gasteiger partial charge >= 0.3 is 0 Å². The minimum Gasteiger partial charge on any atom is -0.489 e. The predicted octanol–water partition coefficient (Wildman–Crippen LogP) is 2.84. The second-order valence-electron chi connectivity index (χ2n) is 5.42. The van der Waals surface area contributed by atoms with Gasteiger partial charge in [-0.25, -0.2) is 0 Å². The van der Waals surface area contributed by atoms with E-state index in [0.717, 1.165) is 31.2 Å². The number of rotatable bonds is 8. The monoisotopic (exact) mass is 454 g/mol. The molecule has 0 aliphatic rings. The van der Waals surface area contributed by atoms with Crippen LogP contribution in [0.1, 0.15) is 13.3 Å². The molecule has 5 nitrogen and oxygen atoms in total. The lowest BCUT2D eigenvalue weighted by Gasteiger charge is -2.18. The molecule has 2 N–H and O–H groups in total. The second kappa shape index (κ2) is 12.7. The van der Waals surface area contributed by atoms with Crippen molar-refractivity contribution in [2.24, 2.45) is 4.99 Å². The fraction of sp³-hybridized carbons (Fsp3) is 0.562. The first-order chi connectivity index (χ1) is 10.5. The molecule has 0 heterocycles. The first-order valence-electron chi connectivity index (χ1n) is 7.52. The molecule has 0 bridgehead atoms. The highest BCUT2D eigenvalue weighted by atomic mass is 127. The van der Waals surface area contributed by atoms with Gasteiger partial charge in [-0.3, -0.25) is 4.99 Å². The highest BCUT2D eigenvalue weighted by molar-refractivity contribution is 14.0. The van der Waals surface area contributed by atoms with E-state index in [2.05, 4.69) is 34.6 Å². The highest BCUT2D eigenvalue weighted by Crippen LogP contribution is 2.16. The number of hydrogen-bond acceptors (Lipinski definition) is 3. The van der Waals surface area contributed by atoms with Gasteiger partial charge in [0.2, 0.25) is 0 Å². The van der Waals surface area contributed by atoms with E-state index in [-0.39, 0.29) is 30.1 Å². The molecule has 1 aromatic rings. The summed E-state index contributed by atoms with van der Waals surface area (Å²) in [6.45, 7) is 4.64. The van der Waals surface area contributed by atoms with E-state index in [1.807, 2.05) is 31.2 Å². The Labute approximate surface area is 161 Å². The molecule has 0 aromatic heterocycles. The molecule has 7 heteroatoms. The molecule has 0 aliphatic heterocycles. The van der Waals surface area contributed by atoms with Gasteiger partial charge in [0.1, 0.15) is 11.9 Å². The highest BCUT2D eigenvalue weighted by Gasteiger charge is 2.05. The van der Waals surface area contributed by atoms with Gasteiger partial charge in [-0.2, -0.15) is 0 Å². The first kappa shape index (κ1) is 22.3. The Morgan fingerprint density at radius 2 is 1.91 bits per heavy atom. The van der Waals surface area contributed by atoms with Crippen LogP contribution in [0.25, 0.3) is 0 Å². The topological polar surface area (TPSA) is 48.9 Å². The van der Waals surface area contributed by atoms with Crippen LogP contribution >= 0.6 is 35.6 Å². The maximum absolute atomic E-state index is 5.85. The maximum Gasteiger partial charge on any atom is 0.191 e. The van der Waals surface area contributed by atoms with Crippen LogP contribution in [-0.4, -0.2) is 57.7 Å². The summed E-state index contributed by atoms with van der Waals surface area (Å²) in [5, 5.41) is 7.26. The minimum atomic E-state index is 0. The summed E-state index contributed by atoms with van der Waals surface area (Å²) in [5.74, 6) is 1.61. The van der Waals surface area contributed by atoms with Crippen LogP contribution in [0.4, 0.5) is 0 Å². The van der Waals surface area contributed by atoms with Crippen molar-refractivity contribution < 1.29 is 4.74 Å². The number of aliphatic imine (C=N–C) groups is 1. The Kier molecular flexibility index (Phi) is 12.3. The summed E-state index contributed by atoms with van der Waals surface area (Å²) in [5.41, 5.74) is 0. The Balaban J connectivity index is 0.00000484. The van der Waals surface area contributed by atoms with E-state index in [9.17, 15) is 0 Å². The van der Waals surface area contributed by atoms with Crippen LogP contribution in [0, 0.1) is 0 Å². The van der Waals surface area contributed by atoms with Crippen molar-refractivity contribution in [3.63, 3.8) is 0 Å². The third-order valence-corrected chi connectivity index (χ3v) is 3.26. The Morgan fingerprint density at radius 3 is 2.48 bits per heavy atom. The lowest BCUT2D eigenvalue weighted by Crippen LogP contribution is -2.42. The molecule has 1 atom stereocenters. The van der Waals surface area contributed by atoms with E-state index in [1.54, 1.807) is 7.05 Å². The molecule has 0 fully saturated rings. The summed E-state index contributed by atoms with van der Waals surface area (Å²) in [6, 6.07) is 7.38. The fourth-order valence-electron chi connectivity index (χ4n) is 1.85. The standard InChI is InChI=1S/C16H27ClN4O.HI/c1-13(22-15-8-6-14(17)7-9-15)12-20-16(18-2)19-10-5-11-21(3)4;/h6-9,13H,5,10-12H2,1-4H3,(H2,18,19,20);1H. The summed E-state index contributed by atoms with van der Waals surface area (Å²) in [6.07, 6.45) is 1.10. The molecule has 0 saturated heterocycles. The fourth-order valence-corrected chi connectivity index (χ4v) is 1.98. The molecule has 132 valence electrons. The van der Waals surface area contributed by atoms with Crippen molar-refractivity contribution >= 4 is 41.5 Å². The van der Waals surface area contributed by atoms with Gasteiger partial charge in [0.05, 0.1) is 6.54 Å². The Hall–Kier alpha value is -0.730. The van der Waals surface area contributed by atoms with Crippen molar-refractivity contribution in [3.05, 3.63) is 29.3 Å². The molecule has 0 saturated carbocycles.